The highest BCUT2D eigenvalue weighted by atomic mass is 16.5. The van der Waals surface area contributed by atoms with Gasteiger partial charge in [0.2, 0.25) is 5.88 Å². The number of likely N-dealkylation sites (tertiary alicyclic amines) is 1. The summed E-state index contributed by atoms with van der Waals surface area (Å²) in [5.74, 6) is -0.543. The highest BCUT2D eigenvalue weighted by Gasteiger charge is 2.23. The maximum Gasteiger partial charge on any atom is 0.328 e. The van der Waals surface area contributed by atoms with Crippen molar-refractivity contribution in [3.63, 3.8) is 0 Å². The number of nitrogens with zero attached hydrogens (tertiary/aromatic N) is 2. The molecule has 1 fully saturated rings. The molecule has 1 aliphatic heterocycles. The maximum absolute atomic E-state index is 11.2. The van der Waals surface area contributed by atoms with Crippen LogP contribution in [-0.4, -0.2) is 65.4 Å². The number of fused-ring (bicyclic) bond motifs is 1. The molecule has 1 aliphatic rings. The lowest BCUT2D eigenvalue weighted by Crippen LogP contribution is -2.44. The molecule has 1 saturated heterocycles. The van der Waals surface area contributed by atoms with Crippen LogP contribution in [0.15, 0.2) is 30.3 Å². The first-order chi connectivity index (χ1) is 18.0. The first-order valence-electron chi connectivity index (χ1n) is 14.0. The number of methoxy groups -OCH3 is 1. The topological polar surface area (TPSA) is 94.9 Å². The summed E-state index contributed by atoms with van der Waals surface area (Å²) in [6, 6.07) is 7.87. The molecule has 0 aliphatic carbocycles. The molecule has 7 heteroatoms. The van der Waals surface area contributed by atoms with Crippen molar-refractivity contribution in [3.05, 3.63) is 41.5 Å². The van der Waals surface area contributed by atoms with Gasteiger partial charge < -0.3 is 25.2 Å². The van der Waals surface area contributed by atoms with Crippen molar-refractivity contribution in [2.45, 2.75) is 83.3 Å². The molecule has 3 rings (SSSR count). The molecular formula is C30H45N3O4. The third-order valence-corrected chi connectivity index (χ3v) is 7.35. The summed E-state index contributed by atoms with van der Waals surface area (Å²) in [7, 11) is 1.56. The van der Waals surface area contributed by atoms with Gasteiger partial charge in [0.25, 0.3) is 0 Å². The van der Waals surface area contributed by atoms with E-state index in [0.29, 0.717) is 24.0 Å². The van der Waals surface area contributed by atoms with E-state index >= 15 is 0 Å². The largest absolute Gasteiger partial charge is 0.481 e. The van der Waals surface area contributed by atoms with Crippen molar-refractivity contribution >= 4 is 22.9 Å². The Kier molecular flexibility index (Phi) is 12.3. The highest BCUT2D eigenvalue weighted by molar-refractivity contribution is 5.94. The summed E-state index contributed by atoms with van der Waals surface area (Å²) in [6.07, 6.45) is 14.9. The van der Waals surface area contributed by atoms with E-state index in [1.807, 2.05) is 18.2 Å². The van der Waals surface area contributed by atoms with Gasteiger partial charge in [-0.25, -0.2) is 9.78 Å². The number of unbranched alkanes of at least 4 members (excludes halogenated alkanes) is 7. The fourth-order valence-electron chi connectivity index (χ4n) is 5.16. The Bertz CT molecular complexity index is 1000. The van der Waals surface area contributed by atoms with E-state index in [0.717, 1.165) is 55.1 Å². The fourth-order valence-corrected chi connectivity index (χ4v) is 5.16. The number of piperidine rings is 1. The Morgan fingerprint density at radius 3 is 2.49 bits per heavy atom. The third kappa shape index (κ3) is 9.40. The van der Waals surface area contributed by atoms with Crippen LogP contribution in [0.2, 0.25) is 0 Å². The summed E-state index contributed by atoms with van der Waals surface area (Å²) >= 11 is 0. The van der Waals surface area contributed by atoms with Crippen LogP contribution >= 0.6 is 0 Å². The third-order valence-electron chi connectivity index (χ3n) is 7.35. The van der Waals surface area contributed by atoms with Crippen LogP contribution in [0.1, 0.15) is 88.4 Å². The van der Waals surface area contributed by atoms with E-state index in [1.165, 1.54) is 51.4 Å². The van der Waals surface area contributed by atoms with E-state index < -0.39 is 12.1 Å². The molecule has 1 aromatic heterocycles. The summed E-state index contributed by atoms with van der Waals surface area (Å²) in [5.41, 5.74) is 2.12. The lowest BCUT2D eigenvalue weighted by molar-refractivity contribution is -0.131. The molecule has 37 heavy (non-hydrogen) atoms. The van der Waals surface area contributed by atoms with Gasteiger partial charge in [0.05, 0.1) is 18.7 Å². The maximum atomic E-state index is 11.2. The zero-order valence-electron chi connectivity index (χ0n) is 22.6. The van der Waals surface area contributed by atoms with Crippen LogP contribution in [0.4, 0.5) is 0 Å². The summed E-state index contributed by atoms with van der Waals surface area (Å²) in [6.45, 7) is 5.83. The molecule has 0 radical (unpaired) electrons. The molecule has 1 aromatic carbocycles. The summed E-state index contributed by atoms with van der Waals surface area (Å²) in [4.78, 5) is 17.9. The minimum absolute atomic E-state index is 0.462. The van der Waals surface area contributed by atoms with Crippen LogP contribution in [0.3, 0.4) is 0 Å². The molecule has 2 aromatic rings. The molecule has 2 heterocycles. The summed E-state index contributed by atoms with van der Waals surface area (Å²) in [5, 5.41) is 24.7. The second-order valence-corrected chi connectivity index (χ2v) is 10.2. The Balaban J connectivity index is 1.48. The number of carboxylic acid groups (broad SMARTS) is 1. The highest BCUT2D eigenvalue weighted by Crippen LogP contribution is 2.29. The van der Waals surface area contributed by atoms with Gasteiger partial charge in [-0.15, -0.1) is 0 Å². The predicted molar refractivity (Wildman–Crippen MR) is 150 cm³/mol. The van der Waals surface area contributed by atoms with Crippen LogP contribution in [0.25, 0.3) is 17.0 Å². The van der Waals surface area contributed by atoms with Crippen LogP contribution in [-0.2, 0) is 4.79 Å². The van der Waals surface area contributed by atoms with Gasteiger partial charge in [0.15, 0.2) is 0 Å². The predicted octanol–water partition coefficient (Wildman–Crippen LogP) is 5.57. The molecule has 1 unspecified atom stereocenters. The Morgan fingerprint density at radius 1 is 1.11 bits per heavy atom. The van der Waals surface area contributed by atoms with E-state index in [4.69, 9.17) is 9.84 Å². The smallest absolute Gasteiger partial charge is 0.328 e. The second-order valence-electron chi connectivity index (χ2n) is 10.2. The van der Waals surface area contributed by atoms with E-state index in [-0.39, 0.29) is 0 Å². The molecular weight excluding hydrogens is 466 g/mol. The SMILES string of the molecule is CCCCCCCCCCNC1CCN(CC(O)c2ccc(/C=C/C(=O)O)c3ccc(OC)nc23)CC1. The van der Waals surface area contributed by atoms with E-state index in [1.54, 1.807) is 19.3 Å². The number of benzene rings is 1. The van der Waals surface area contributed by atoms with Crippen LogP contribution in [0, 0.1) is 0 Å². The van der Waals surface area contributed by atoms with Gasteiger partial charge >= 0.3 is 5.97 Å². The Hall–Kier alpha value is -2.48. The van der Waals surface area contributed by atoms with Crippen molar-refractivity contribution < 1.29 is 19.7 Å². The number of hydrogen-bond acceptors (Lipinski definition) is 6. The average molecular weight is 512 g/mol. The number of carboxylic acids is 1. The van der Waals surface area contributed by atoms with Crippen molar-refractivity contribution in [2.75, 3.05) is 33.3 Å². The van der Waals surface area contributed by atoms with Gasteiger partial charge in [-0.1, -0.05) is 64.0 Å². The van der Waals surface area contributed by atoms with Gasteiger partial charge in [0, 0.05) is 35.7 Å². The molecule has 0 spiro atoms. The number of nitrogens with one attached hydrogen (secondary N) is 1. The van der Waals surface area contributed by atoms with E-state index in [9.17, 15) is 9.90 Å². The molecule has 7 nitrogen and oxygen atoms in total. The number of aliphatic hydroxyl groups excluding tert-OH is 1. The van der Waals surface area contributed by atoms with Crippen molar-refractivity contribution in [2.24, 2.45) is 0 Å². The van der Waals surface area contributed by atoms with Crippen molar-refractivity contribution in [1.82, 2.24) is 15.2 Å². The minimum Gasteiger partial charge on any atom is -0.481 e. The average Bonchev–Trinajstić information content (AvgIpc) is 2.91. The first kappa shape index (κ1) is 29.1. The Morgan fingerprint density at radius 2 is 1.81 bits per heavy atom. The number of hydrogen-bond donors (Lipinski definition) is 3. The van der Waals surface area contributed by atoms with Crippen molar-refractivity contribution in [3.8, 4) is 5.88 Å². The molecule has 3 N–H and O–H groups in total. The standard InChI is InChI=1S/C30H45N3O4/c1-3-4-5-6-7-8-9-10-19-31-24-17-20-33(21-18-24)22-27(34)26-13-11-23(12-16-29(35)36)25-14-15-28(37-2)32-30(25)26/h11-16,24,27,31,34H,3-10,17-22H2,1-2H3,(H,35,36)/b16-12+. The van der Waals surface area contributed by atoms with E-state index in [2.05, 4.69) is 22.1 Å². The van der Waals surface area contributed by atoms with Gasteiger partial charge in [-0.2, -0.15) is 0 Å². The second kappa shape index (κ2) is 15.7. The molecule has 0 amide bonds. The minimum atomic E-state index is -1.01. The van der Waals surface area contributed by atoms with Crippen LogP contribution < -0.4 is 10.1 Å². The van der Waals surface area contributed by atoms with Crippen LogP contribution in [0.5, 0.6) is 5.88 Å². The zero-order chi connectivity index (χ0) is 26.5. The fraction of sp³-hybridized carbons (Fsp3) is 0.600. The zero-order valence-corrected chi connectivity index (χ0v) is 22.6. The molecule has 1 atom stereocenters. The number of carbonyl (C=O) groups is 1. The quantitative estimate of drug-likeness (QED) is 0.200. The number of aliphatic hydroxyl groups is 1. The molecule has 0 saturated carbocycles. The van der Waals surface area contributed by atoms with Crippen molar-refractivity contribution in [1.29, 1.82) is 0 Å². The van der Waals surface area contributed by atoms with Gasteiger partial charge in [-0.05, 0) is 56.6 Å². The number of aromatic nitrogens is 1. The Labute approximate surface area is 221 Å². The number of ether oxygens (including phenoxy) is 1. The lowest BCUT2D eigenvalue weighted by Gasteiger charge is -2.33. The normalized spacial score (nSPS) is 16.0. The van der Waals surface area contributed by atoms with Gasteiger partial charge in [0.1, 0.15) is 0 Å². The first-order valence-corrected chi connectivity index (χ1v) is 14.0. The molecule has 204 valence electrons. The monoisotopic (exact) mass is 511 g/mol. The number of rotatable bonds is 16. The number of aliphatic carboxylic acids is 1. The lowest BCUT2D eigenvalue weighted by atomic mass is 9.98. The number of pyridine rings is 1. The molecule has 0 bridgehead atoms. The van der Waals surface area contributed by atoms with Gasteiger partial charge in [-0.3, -0.25) is 0 Å². The summed E-state index contributed by atoms with van der Waals surface area (Å²) < 4.78 is 5.31. The number of β-amino-alcohol motifs (C(OH)–C–C–N with tert-alkyl or cyclic N) is 1.